The fourth-order valence-electron chi connectivity index (χ4n) is 5.96. The number of aliphatic carboxylic acids is 1. The number of benzene rings is 2. The molecule has 4 rings (SSSR count). The van der Waals surface area contributed by atoms with Crippen molar-refractivity contribution in [3.63, 3.8) is 0 Å². The number of anilines is 1. The lowest BCUT2D eigenvalue weighted by Crippen LogP contribution is -2.44. The Morgan fingerprint density at radius 2 is 1.58 bits per heavy atom. The van der Waals surface area contributed by atoms with E-state index in [1.165, 1.54) is 32.1 Å². The molecule has 2 aromatic carbocycles. The zero-order chi connectivity index (χ0) is 26.9. The molecule has 2 aromatic rings. The summed E-state index contributed by atoms with van der Waals surface area (Å²) in [6.45, 7) is 0.517. The number of nitrogens with one attached hydrogen (secondary N) is 2. The molecule has 204 valence electrons. The average molecular weight is 540 g/mol. The average Bonchev–Trinajstić information content (AvgIpc) is 2.92. The second kappa shape index (κ2) is 13.7. The van der Waals surface area contributed by atoms with Gasteiger partial charge in [0.2, 0.25) is 0 Å². The van der Waals surface area contributed by atoms with Crippen LogP contribution in [0.15, 0.2) is 48.5 Å². The van der Waals surface area contributed by atoms with Crippen LogP contribution in [-0.2, 0) is 11.3 Å². The summed E-state index contributed by atoms with van der Waals surface area (Å²) in [5.74, 6) is 0.342. The number of rotatable bonds is 9. The van der Waals surface area contributed by atoms with Gasteiger partial charge in [-0.05, 0) is 73.4 Å². The van der Waals surface area contributed by atoms with E-state index in [1.807, 2.05) is 29.2 Å². The van der Waals surface area contributed by atoms with Crippen LogP contribution in [0.1, 0.15) is 80.1 Å². The molecular weight excluding hydrogens is 502 g/mol. The van der Waals surface area contributed by atoms with Crippen LogP contribution in [0, 0.1) is 11.8 Å². The van der Waals surface area contributed by atoms with E-state index >= 15 is 0 Å². The maximum absolute atomic E-state index is 13.5. The molecule has 38 heavy (non-hydrogen) atoms. The number of halogens is 1. The molecule has 3 N–H and O–H groups in total. The predicted octanol–water partition coefficient (Wildman–Crippen LogP) is 6.72. The van der Waals surface area contributed by atoms with Gasteiger partial charge in [0.05, 0.1) is 6.42 Å². The second-order valence-corrected chi connectivity index (χ2v) is 11.1. The zero-order valence-corrected chi connectivity index (χ0v) is 22.6. The highest BCUT2D eigenvalue weighted by Crippen LogP contribution is 2.39. The highest BCUT2D eigenvalue weighted by molar-refractivity contribution is 6.30. The summed E-state index contributed by atoms with van der Waals surface area (Å²) in [6.07, 6.45) is 11.0. The van der Waals surface area contributed by atoms with Gasteiger partial charge in [-0.3, -0.25) is 9.59 Å². The van der Waals surface area contributed by atoms with Crippen LogP contribution in [-0.4, -0.2) is 40.5 Å². The van der Waals surface area contributed by atoms with E-state index in [1.54, 1.807) is 24.3 Å². The monoisotopic (exact) mass is 539 g/mol. The van der Waals surface area contributed by atoms with Gasteiger partial charge >= 0.3 is 12.0 Å². The number of nitrogens with zero attached hydrogens (tertiary/aromatic N) is 1. The van der Waals surface area contributed by atoms with Gasteiger partial charge in [0.15, 0.2) is 0 Å². The van der Waals surface area contributed by atoms with Crippen molar-refractivity contribution in [1.29, 1.82) is 0 Å². The number of urea groups is 1. The molecule has 2 aliphatic rings. The third-order valence-corrected chi connectivity index (χ3v) is 8.26. The molecule has 0 spiro atoms. The van der Waals surface area contributed by atoms with Crippen molar-refractivity contribution < 1.29 is 19.5 Å². The first-order valence-corrected chi connectivity index (χ1v) is 14.2. The first kappa shape index (κ1) is 28.0. The minimum atomic E-state index is -0.954. The zero-order valence-electron chi connectivity index (χ0n) is 21.8. The first-order valence-electron chi connectivity index (χ1n) is 13.8. The molecular formula is C30H38ClN3O4. The van der Waals surface area contributed by atoms with Crippen molar-refractivity contribution in [2.45, 2.75) is 76.8 Å². The summed E-state index contributed by atoms with van der Waals surface area (Å²) in [5.41, 5.74) is 2.06. The van der Waals surface area contributed by atoms with Crippen molar-refractivity contribution in [3.05, 3.63) is 64.7 Å². The molecule has 3 amide bonds. The number of hydrogen-bond donors (Lipinski definition) is 3. The van der Waals surface area contributed by atoms with Crippen LogP contribution in [0.3, 0.4) is 0 Å². The Morgan fingerprint density at radius 3 is 2.24 bits per heavy atom. The third kappa shape index (κ3) is 7.97. The Hall–Kier alpha value is -3.06. The van der Waals surface area contributed by atoms with E-state index in [2.05, 4.69) is 10.6 Å². The molecule has 0 atom stereocenters. The molecule has 0 aromatic heterocycles. The number of carboxylic acids is 1. The van der Waals surface area contributed by atoms with E-state index in [-0.39, 0.29) is 30.9 Å². The van der Waals surface area contributed by atoms with Crippen molar-refractivity contribution in [1.82, 2.24) is 10.2 Å². The molecule has 7 nitrogen and oxygen atoms in total. The fraction of sp³-hybridized carbons (Fsp3) is 0.500. The Bertz CT molecular complexity index is 1090. The van der Waals surface area contributed by atoms with E-state index in [0.29, 0.717) is 22.8 Å². The molecule has 0 bridgehead atoms. The maximum atomic E-state index is 13.5. The summed E-state index contributed by atoms with van der Waals surface area (Å²) >= 11 is 6.14. The quantitative estimate of drug-likeness (QED) is 0.329. The molecule has 0 unspecified atom stereocenters. The van der Waals surface area contributed by atoms with Crippen molar-refractivity contribution in [2.24, 2.45) is 11.8 Å². The highest BCUT2D eigenvalue weighted by atomic mass is 35.5. The smallest absolute Gasteiger partial charge is 0.322 e. The van der Waals surface area contributed by atoms with Crippen LogP contribution in [0.5, 0.6) is 0 Å². The van der Waals surface area contributed by atoms with E-state index < -0.39 is 5.97 Å². The number of carbonyl (C=O) groups excluding carboxylic acids is 2. The number of hydrogen-bond acceptors (Lipinski definition) is 3. The molecule has 2 saturated carbocycles. The summed E-state index contributed by atoms with van der Waals surface area (Å²) in [7, 11) is 0. The van der Waals surface area contributed by atoms with Crippen molar-refractivity contribution in [3.8, 4) is 0 Å². The lowest BCUT2D eigenvalue weighted by atomic mass is 9.72. The molecule has 2 fully saturated rings. The Labute approximate surface area is 229 Å². The summed E-state index contributed by atoms with van der Waals surface area (Å²) in [6, 6.07) is 14.3. The van der Waals surface area contributed by atoms with Gasteiger partial charge in [0.25, 0.3) is 5.91 Å². The lowest BCUT2D eigenvalue weighted by Gasteiger charge is -2.40. The standard InChI is InChI=1S/C30H38ClN3O4/c31-25-7-4-8-26(19-25)33-30(38)34(27-15-13-23(14-16-27)22-5-2-1-3-6-22)20-21-9-11-24(12-10-21)29(37)32-18-17-28(35)36/h4,7-12,19,22-23,27H,1-3,5-6,13-18,20H2,(H,32,37)(H,33,38)(H,35,36). The summed E-state index contributed by atoms with van der Waals surface area (Å²) in [4.78, 5) is 38.5. The summed E-state index contributed by atoms with van der Waals surface area (Å²) in [5, 5.41) is 15.0. The Balaban J connectivity index is 1.42. The molecule has 0 heterocycles. The largest absolute Gasteiger partial charge is 0.481 e. The summed E-state index contributed by atoms with van der Waals surface area (Å²) < 4.78 is 0. The minimum absolute atomic E-state index is 0.0803. The van der Waals surface area contributed by atoms with E-state index in [4.69, 9.17) is 16.7 Å². The van der Waals surface area contributed by atoms with Gasteiger partial charge in [0, 0.05) is 35.4 Å². The molecule has 0 saturated heterocycles. The predicted molar refractivity (Wildman–Crippen MR) is 149 cm³/mol. The molecule has 0 radical (unpaired) electrons. The normalized spacial score (nSPS) is 19.9. The van der Waals surface area contributed by atoms with Gasteiger partial charge < -0.3 is 20.6 Å². The molecule has 2 aliphatic carbocycles. The lowest BCUT2D eigenvalue weighted by molar-refractivity contribution is -0.136. The topological polar surface area (TPSA) is 98.7 Å². The van der Waals surface area contributed by atoms with Crippen LogP contribution >= 0.6 is 11.6 Å². The second-order valence-electron chi connectivity index (χ2n) is 10.6. The van der Waals surface area contributed by atoms with Gasteiger partial charge in [-0.2, -0.15) is 0 Å². The van der Waals surface area contributed by atoms with Crippen LogP contribution in [0.2, 0.25) is 5.02 Å². The van der Waals surface area contributed by atoms with Crippen LogP contribution < -0.4 is 10.6 Å². The number of carboxylic acid groups (broad SMARTS) is 1. The minimum Gasteiger partial charge on any atom is -0.481 e. The van der Waals surface area contributed by atoms with Crippen molar-refractivity contribution in [2.75, 3.05) is 11.9 Å². The maximum Gasteiger partial charge on any atom is 0.322 e. The van der Waals surface area contributed by atoms with Gasteiger partial charge in [-0.1, -0.05) is 61.9 Å². The third-order valence-electron chi connectivity index (χ3n) is 8.03. The van der Waals surface area contributed by atoms with E-state index in [9.17, 15) is 14.4 Å². The Morgan fingerprint density at radius 1 is 0.895 bits per heavy atom. The fourth-order valence-corrected chi connectivity index (χ4v) is 6.15. The SMILES string of the molecule is O=C(O)CCNC(=O)c1ccc(CN(C(=O)Nc2cccc(Cl)c2)C2CCC(C3CCCCC3)CC2)cc1. The Kier molecular flexibility index (Phi) is 10.0. The number of carbonyl (C=O) groups is 3. The van der Waals surface area contributed by atoms with Gasteiger partial charge in [0.1, 0.15) is 0 Å². The highest BCUT2D eigenvalue weighted by Gasteiger charge is 2.33. The van der Waals surface area contributed by atoms with E-state index in [0.717, 1.165) is 43.1 Å². The van der Waals surface area contributed by atoms with Crippen LogP contribution in [0.25, 0.3) is 0 Å². The molecule has 0 aliphatic heterocycles. The first-order chi connectivity index (χ1) is 18.4. The van der Waals surface area contributed by atoms with Crippen molar-refractivity contribution >= 4 is 35.2 Å². The molecule has 8 heteroatoms. The van der Waals surface area contributed by atoms with Gasteiger partial charge in [-0.25, -0.2) is 4.79 Å². The number of amides is 3. The van der Waals surface area contributed by atoms with Gasteiger partial charge in [-0.15, -0.1) is 0 Å². The van der Waals surface area contributed by atoms with Crippen LogP contribution in [0.4, 0.5) is 10.5 Å².